The van der Waals surface area contributed by atoms with Gasteiger partial charge in [-0.1, -0.05) is 11.6 Å². The first-order chi connectivity index (χ1) is 8.54. The summed E-state index contributed by atoms with van der Waals surface area (Å²) in [5, 5.41) is 8.21. The van der Waals surface area contributed by atoms with Gasteiger partial charge >= 0.3 is 0 Å². The Labute approximate surface area is 112 Å². The molecule has 0 atom stereocenters. The molecular weight excluding hydrogens is 250 g/mol. The number of hydrogen-bond acceptors (Lipinski definition) is 3. The van der Waals surface area contributed by atoms with Crippen molar-refractivity contribution in [3.05, 3.63) is 34.1 Å². The van der Waals surface area contributed by atoms with Crippen LogP contribution in [-0.4, -0.2) is 26.4 Å². The van der Waals surface area contributed by atoms with Gasteiger partial charge in [-0.25, -0.2) is 4.98 Å². The Morgan fingerprint density at radius 3 is 2.67 bits per heavy atom. The molecule has 2 aromatic rings. The number of nitrogens with one attached hydrogen (secondary N) is 1. The molecule has 0 bridgehead atoms. The second kappa shape index (κ2) is 5.12. The van der Waals surface area contributed by atoms with E-state index in [0.29, 0.717) is 6.54 Å². The SMILES string of the molecule is CNCc1cnc(C)n1Cc1c(Cl)c(C)nn1C. The maximum absolute atomic E-state index is 6.28. The molecule has 18 heavy (non-hydrogen) atoms. The van der Waals surface area contributed by atoms with Gasteiger partial charge in [-0.05, 0) is 20.9 Å². The molecule has 98 valence electrons. The monoisotopic (exact) mass is 267 g/mol. The van der Waals surface area contributed by atoms with Gasteiger partial charge in [0.2, 0.25) is 0 Å². The Balaban J connectivity index is 2.36. The first kappa shape index (κ1) is 13.1. The lowest BCUT2D eigenvalue weighted by atomic mass is 10.3. The Hall–Kier alpha value is -1.33. The maximum atomic E-state index is 6.28. The van der Waals surface area contributed by atoms with Crippen molar-refractivity contribution in [1.82, 2.24) is 24.6 Å². The van der Waals surface area contributed by atoms with Crippen molar-refractivity contribution < 1.29 is 0 Å². The third-order valence-electron chi connectivity index (χ3n) is 3.07. The average molecular weight is 268 g/mol. The molecule has 2 aromatic heterocycles. The molecule has 0 spiro atoms. The van der Waals surface area contributed by atoms with Gasteiger partial charge in [-0.3, -0.25) is 4.68 Å². The zero-order chi connectivity index (χ0) is 13.3. The quantitative estimate of drug-likeness (QED) is 0.916. The van der Waals surface area contributed by atoms with Crippen molar-refractivity contribution in [2.75, 3.05) is 7.05 Å². The van der Waals surface area contributed by atoms with Gasteiger partial charge in [0.25, 0.3) is 0 Å². The highest BCUT2D eigenvalue weighted by atomic mass is 35.5. The summed E-state index contributed by atoms with van der Waals surface area (Å²) in [5.74, 6) is 0.982. The predicted molar refractivity (Wildman–Crippen MR) is 71.8 cm³/mol. The molecule has 0 saturated carbocycles. The van der Waals surface area contributed by atoms with Crippen molar-refractivity contribution in [1.29, 1.82) is 0 Å². The molecular formula is C12H18ClN5. The fraction of sp³-hybridized carbons (Fsp3) is 0.500. The van der Waals surface area contributed by atoms with Gasteiger partial charge in [0.15, 0.2) is 0 Å². The molecule has 5 nitrogen and oxygen atoms in total. The minimum absolute atomic E-state index is 0.693. The molecule has 0 aliphatic carbocycles. The first-order valence-corrected chi connectivity index (χ1v) is 6.26. The highest BCUT2D eigenvalue weighted by molar-refractivity contribution is 6.31. The molecule has 2 heterocycles. The smallest absolute Gasteiger partial charge is 0.106 e. The van der Waals surface area contributed by atoms with E-state index in [1.807, 2.05) is 38.8 Å². The van der Waals surface area contributed by atoms with E-state index in [4.69, 9.17) is 11.6 Å². The van der Waals surface area contributed by atoms with Crippen molar-refractivity contribution in [3.63, 3.8) is 0 Å². The van der Waals surface area contributed by atoms with Crippen LogP contribution in [0.2, 0.25) is 5.02 Å². The molecule has 0 aliphatic rings. The van der Waals surface area contributed by atoms with E-state index in [0.717, 1.165) is 34.5 Å². The minimum atomic E-state index is 0.693. The lowest BCUT2D eigenvalue weighted by Gasteiger charge is -2.10. The van der Waals surface area contributed by atoms with E-state index < -0.39 is 0 Å². The van der Waals surface area contributed by atoms with Crippen molar-refractivity contribution in [2.45, 2.75) is 26.9 Å². The molecule has 0 aliphatic heterocycles. The summed E-state index contributed by atoms with van der Waals surface area (Å²) in [4.78, 5) is 4.35. The van der Waals surface area contributed by atoms with Crippen molar-refractivity contribution in [3.8, 4) is 0 Å². The van der Waals surface area contributed by atoms with Gasteiger partial charge in [0.05, 0.1) is 28.6 Å². The van der Waals surface area contributed by atoms with Crippen LogP contribution >= 0.6 is 11.6 Å². The minimum Gasteiger partial charge on any atom is -0.325 e. The standard InChI is InChI=1S/C12H18ClN5/c1-8-12(13)11(17(4)16-8)7-18-9(2)15-6-10(18)5-14-3/h6,14H,5,7H2,1-4H3. The highest BCUT2D eigenvalue weighted by Crippen LogP contribution is 2.21. The normalized spacial score (nSPS) is 11.2. The average Bonchev–Trinajstić information content (AvgIpc) is 2.77. The summed E-state index contributed by atoms with van der Waals surface area (Å²) >= 11 is 6.28. The molecule has 2 rings (SSSR count). The Bertz CT molecular complexity index is 555. The fourth-order valence-corrected chi connectivity index (χ4v) is 2.27. The van der Waals surface area contributed by atoms with Crippen LogP contribution in [0.25, 0.3) is 0 Å². The predicted octanol–water partition coefficient (Wildman–Crippen LogP) is 1.65. The maximum Gasteiger partial charge on any atom is 0.106 e. The summed E-state index contributed by atoms with van der Waals surface area (Å²) in [6, 6.07) is 0. The zero-order valence-electron chi connectivity index (χ0n) is 11.2. The summed E-state index contributed by atoms with van der Waals surface area (Å²) in [6.07, 6.45) is 1.89. The Kier molecular flexibility index (Phi) is 3.73. The zero-order valence-corrected chi connectivity index (χ0v) is 11.9. The molecule has 0 saturated heterocycles. The number of aryl methyl sites for hydroxylation is 3. The van der Waals surface area contributed by atoms with Crippen LogP contribution in [0.15, 0.2) is 6.20 Å². The number of aromatic nitrogens is 4. The highest BCUT2D eigenvalue weighted by Gasteiger charge is 2.14. The molecule has 0 amide bonds. The van der Waals surface area contributed by atoms with E-state index in [-0.39, 0.29) is 0 Å². The lowest BCUT2D eigenvalue weighted by Crippen LogP contribution is -2.14. The second-order valence-corrected chi connectivity index (χ2v) is 4.76. The van der Waals surface area contributed by atoms with Crippen LogP contribution in [0.1, 0.15) is 22.9 Å². The van der Waals surface area contributed by atoms with Crippen molar-refractivity contribution in [2.24, 2.45) is 7.05 Å². The van der Waals surface area contributed by atoms with E-state index in [9.17, 15) is 0 Å². The van der Waals surface area contributed by atoms with Gasteiger partial charge in [-0.15, -0.1) is 0 Å². The fourth-order valence-electron chi connectivity index (χ4n) is 2.05. The van der Waals surface area contributed by atoms with E-state index >= 15 is 0 Å². The van der Waals surface area contributed by atoms with Crippen LogP contribution in [0.5, 0.6) is 0 Å². The number of imidazole rings is 1. The third-order valence-corrected chi connectivity index (χ3v) is 3.56. The first-order valence-electron chi connectivity index (χ1n) is 5.88. The van der Waals surface area contributed by atoms with E-state index in [1.165, 1.54) is 0 Å². The number of rotatable bonds is 4. The van der Waals surface area contributed by atoms with E-state index in [1.54, 1.807) is 0 Å². The second-order valence-electron chi connectivity index (χ2n) is 4.38. The molecule has 0 aromatic carbocycles. The molecule has 0 fully saturated rings. The number of hydrogen-bond donors (Lipinski definition) is 1. The Morgan fingerprint density at radius 2 is 2.11 bits per heavy atom. The summed E-state index contributed by atoms with van der Waals surface area (Å²) in [7, 11) is 3.84. The van der Waals surface area contributed by atoms with Gasteiger partial charge in [0, 0.05) is 19.8 Å². The van der Waals surface area contributed by atoms with Gasteiger partial charge in [0.1, 0.15) is 5.82 Å². The molecule has 1 N–H and O–H groups in total. The van der Waals surface area contributed by atoms with Crippen molar-refractivity contribution >= 4 is 11.6 Å². The summed E-state index contributed by atoms with van der Waals surface area (Å²) in [5.41, 5.74) is 3.01. The summed E-state index contributed by atoms with van der Waals surface area (Å²) in [6.45, 7) is 5.39. The largest absolute Gasteiger partial charge is 0.325 e. The van der Waals surface area contributed by atoms with Crippen LogP contribution in [0.3, 0.4) is 0 Å². The lowest BCUT2D eigenvalue weighted by molar-refractivity contribution is 0.623. The van der Waals surface area contributed by atoms with Crippen LogP contribution in [-0.2, 0) is 20.1 Å². The summed E-state index contributed by atoms with van der Waals surface area (Å²) < 4.78 is 3.99. The topological polar surface area (TPSA) is 47.7 Å². The van der Waals surface area contributed by atoms with Crippen LogP contribution in [0.4, 0.5) is 0 Å². The van der Waals surface area contributed by atoms with Crippen LogP contribution in [0, 0.1) is 13.8 Å². The van der Waals surface area contributed by atoms with Crippen LogP contribution < -0.4 is 5.32 Å². The molecule has 0 radical (unpaired) electrons. The number of nitrogens with zero attached hydrogens (tertiary/aromatic N) is 4. The van der Waals surface area contributed by atoms with E-state index in [2.05, 4.69) is 20.0 Å². The Morgan fingerprint density at radius 1 is 1.39 bits per heavy atom. The van der Waals surface area contributed by atoms with Gasteiger partial charge < -0.3 is 9.88 Å². The molecule has 6 heteroatoms. The number of halogens is 1. The van der Waals surface area contributed by atoms with Gasteiger partial charge in [-0.2, -0.15) is 5.10 Å². The third kappa shape index (κ3) is 2.28. The molecule has 0 unspecified atom stereocenters.